The highest BCUT2D eigenvalue weighted by Crippen LogP contribution is 2.34. The van der Waals surface area contributed by atoms with Gasteiger partial charge in [0, 0.05) is 23.9 Å². The summed E-state index contributed by atoms with van der Waals surface area (Å²) in [5, 5.41) is 2.98. The Balaban J connectivity index is 1.73. The van der Waals surface area contributed by atoms with Crippen LogP contribution in [0.2, 0.25) is 0 Å². The van der Waals surface area contributed by atoms with Crippen LogP contribution in [-0.4, -0.2) is 22.4 Å². The molecule has 0 aliphatic heterocycles. The molecule has 0 radical (unpaired) electrons. The highest BCUT2D eigenvalue weighted by Gasteiger charge is 2.30. The summed E-state index contributed by atoms with van der Waals surface area (Å²) in [6.45, 7) is 2.04. The normalized spacial score (nSPS) is 13.9. The zero-order valence-corrected chi connectivity index (χ0v) is 13.7. The number of benzene rings is 1. The molecular weight excluding hydrogens is 302 g/mol. The standard InChI is InChI=1S/C19H19N3O2/c1-12-4-3-9-22-11-16(20-18(12)22)14-7-8-17(24-2)15(10-14)21-19(23)13-5-6-13/h3-4,7-11,13H,5-6H2,1-2H3,(H,21,23). The van der Waals surface area contributed by atoms with Crippen LogP contribution in [0.25, 0.3) is 16.9 Å². The summed E-state index contributed by atoms with van der Waals surface area (Å²) in [4.78, 5) is 16.8. The number of carbonyl (C=O) groups is 1. The SMILES string of the molecule is COc1ccc(-c2cn3cccc(C)c3n2)cc1NC(=O)C1CC1. The molecule has 122 valence electrons. The Hall–Kier alpha value is -2.82. The number of ether oxygens (including phenoxy) is 1. The first-order valence-electron chi connectivity index (χ1n) is 8.09. The van der Waals surface area contributed by atoms with E-state index in [-0.39, 0.29) is 11.8 Å². The van der Waals surface area contributed by atoms with Gasteiger partial charge >= 0.3 is 0 Å². The van der Waals surface area contributed by atoms with Gasteiger partial charge in [-0.3, -0.25) is 4.79 Å². The monoisotopic (exact) mass is 321 g/mol. The van der Waals surface area contributed by atoms with Gasteiger partial charge in [-0.25, -0.2) is 4.98 Å². The van der Waals surface area contributed by atoms with Crippen LogP contribution in [0.3, 0.4) is 0 Å². The van der Waals surface area contributed by atoms with Gasteiger partial charge in [0.05, 0.1) is 18.5 Å². The minimum atomic E-state index is 0.0660. The lowest BCUT2D eigenvalue weighted by atomic mass is 10.1. The van der Waals surface area contributed by atoms with Crippen molar-refractivity contribution in [2.75, 3.05) is 12.4 Å². The second-order valence-corrected chi connectivity index (χ2v) is 6.23. The Morgan fingerprint density at radius 2 is 2.17 bits per heavy atom. The summed E-state index contributed by atoms with van der Waals surface area (Å²) in [6.07, 6.45) is 5.92. The molecule has 5 nitrogen and oxygen atoms in total. The number of nitrogens with zero attached hydrogens (tertiary/aromatic N) is 2. The number of aromatic nitrogens is 2. The molecule has 2 aromatic heterocycles. The maximum absolute atomic E-state index is 12.1. The fourth-order valence-electron chi connectivity index (χ4n) is 2.84. The van der Waals surface area contributed by atoms with E-state index in [0.717, 1.165) is 35.3 Å². The van der Waals surface area contributed by atoms with E-state index in [9.17, 15) is 4.79 Å². The maximum atomic E-state index is 12.1. The van der Waals surface area contributed by atoms with Crippen LogP contribution in [0.4, 0.5) is 5.69 Å². The molecule has 1 fully saturated rings. The second kappa shape index (κ2) is 5.67. The number of amides is 1. The van der Waals surface area contributed by atoms with E-state index in [1.807, 2.05) is 54.0 Å². The largest absolute Gasteiger partial charge is 0.495 e. The number of hydrogen-bond donors (Lipinski definition) is 1. The first-order chi connectivity index (χ1) is 11.7. The van der Waals surface area contributed by atoms with E-state index < -0.39 is 0 Å². The smallest absolute Gasteiger partial charge is 0.227 e. The van der Waals surface area contributed by atoms with Crippen LogP contribution >= 0.6 is 0 Å². The number of pyridine rings is 1. The van der Waals surface area contributed by atoms with Crippen molar-refractivity contribution in [2.24, 2.45) is 5.92 Å². The average molecular weight is 321 g/mol. The van der Waals surface area contributed by atoms with Crippen LogP contribution in [0.1, 0.15) is 18.4 Å². The van der Waals surface area contributed by atoms with E-state index in [4.69, 9.17) is 9.72 Å². The summed E-state index contributed by atoms with van der Waals surface area (Å²) in [6, 6.07) is 9.80. The Kier molecular flexibility index (Phi) is 3.49. The molecule has 1 N–H and O–H groups in total. The third-order valence-electron chi connectivity index (χ3n) is 4.38. The van der Waals surface area contributed by atoms with Gasteiger partial charge < -0.3 is 14.5 Å². The van der Waals surface area contributed by atoms with Crippen molar-refractivity contribution in [3.8, 4) is 17.0 Å². The third kappa shape index (κ3) is 2.62. The molecule has 1 saturated carbocycles. The van der Waals surface area contributed by atoms with Gasteiger partial charge in [0.25, 0.3) is 0 Å². The average Bonchev–Trinajstić information content (AvgIpc) is 3.34. The van der Waals surface area contributed by atoms with Crippen molar-refractivity contribution >= 4 is 17.2 Å². The van der Waals surface area contributed by atoms with E-state index in [1.165, 1.54) is 0 Å². The van der Waals surface area contributed by atoms with Crippen molar-refractivity contribution in [1.82, 2.24) is 9.38 Å². The van der Waals surface area contributed by atoms with E-state index in [1.54, 1.807) is 7.11 Å². The van der Waals surface area contributed by atoms with Gasteiger partial charge in [-0.15, -0.1) is 0 Å². The predicted octanol–water partition coefficient (Wildman–Crippen LogP) is 3.67. The van der Waals surface area contributed by atoms with Crippen molar-refractivity contribution < 1.29 is 9.53 Å². The Bertz CT molecular complexity index is 926. The molecule has 0 saturated heterocycles. The summed E-state index contributed by atoms with van der Waals surface area (Å²) < 4.78 is 7.39. The van der Waals surface area contributed by atoms with Gasteiger partial charge in [-0.2, -0.15) is 0 Å². The Morgan fingerprint density at radius 1 is 1.33 bits per heavy atom. The number of rotatable bonds is 4. The highest BCUT2D eigenvalue weighted by atomic mass is 16.5. The Morgan fingerprint density at radius 3 is 2.88 bits per heavy atom. The lowest BCUT2D eigenvalue weighted by Crippen LogP contribution is -2.14. The molecule has 5 heteroatoms. The van der Waals surface area contributed by atoms with E-state index in [0.29, 0.717) is 11.4 Å². The minimum Gasteiger partial charge on any atom is -0.495 e. The van der Waals surface area contributed by atoms with Crippen LogP contribution in [-0.2, 0) is 4.79 Å². The fraction of sp³-hybridized carbons (Fsp3) is 0.263. The molecule has 0 bridgehead atoms. The lowest BCUT2D eigenvalue weighted by molar-refractivity contribution is -0.117. The summed E-state index contributed by atoms with van der Waals surface area (Å²) in [5.41, 5.74) is 4.57. The molecule has 0 spiro atoms. The molecule has 0 unspecified atom stereocenters. The number of nitrogens with one attached hydrogen (secondary N) is 1. The van der Waals surface area contributed by atoms with Gasteiger partial charge in [-0.05, 0) is 49.6 Å². The van der Waals surface area contributed by atoms with Crippen molar-refractivity contribution in [3.63, 3.8) is 0 Å². The van der Waals surface area contributed by atoms with Crippen LogP contribution in [0, 0.1) is 12.8 Å². The first-order valence-corrected chi connectivity index (χ1v) is 8.09. The zero-order valence-electron chi connectivity index (χ0n) is 13.7. The number of imidazole rings is 1. The first kappa shape index (κ1) is 14.8. The third-order valence-corrected chi connectivity index (χ3v) is 4.38. The quantitative estimate of drug-likeness (QED) is 0.798. The number of aryl methyl sites for hydroxylation is 1. The minimum absolute atomic E-state index is 0.0660. The molecule has 4 rings (SSSR count). The number of carbonyl (C=O) groups excluding carboxylic acids is 1. The lowest BCUT2D eigenvalue weighted by Gasteiger charge is -2.11. The number of fused-ring (bicyclic) bond motifs is 1. The number of anilines is 1. The van der Waals surface area contributed by atoms with Crippen LogP contribution in [0.5, 0.6) is 5.75 Å². The zero-order chi connectivity index (χ0) is 16.7. The second-order valence-electron chi connectivity index (χ2n) is 6.23. The number of hydrogen-bond acceptors (Lipinski definition) is 3. The van der Waals surface area contributed by atoms with Crippen molar-refractivity contribution in [1.29, 1.82) is 0 Å². The summed E-state index contributed by atoms with van der Waals surface area (Å²) in [5.74, 6) is 0.875. The van der Waals surface area contributed by atoms with E-state index >= 15 is 0 Å². The van der Waals surface area contributed by atoms with Gasteiger partial charge in [0.15, 0.2) is 0 Å². The highest BCUT2D eigenvalue weighted by molar-refractivity contribution is 5.96. The van der Waals surface area contributed by atoms with Gasteiger partial charge in [-0.1, -0.05) is 6.07 Å². The predicted molar refractivity (Wildman–Crippen MR) is 93.3 cm³/mol. The van der Waals surface area contributed by atoms with Gasteiger partial charge in [0.1, 0.15) is 11.4 Å². The number of methoxy groups -OCH3 is 1. The van der Waals surface area contributed by atoms with Crippen LogP contribution in [0.15, 0.2) is 42.7 Å². The van der Waals surface area contributed by atoms with Crippen molar-refractivity contribution in [2.45, 2.75) is 19.8 Å². The summed E-state index contributed by atoms with van der Waals surface area (Å²) in [7, 11) is 1.61. The summed E-state index contributed by atoms with van der Waals surface area (Å²) >= 11 is 0. The van der Waals surface area contributed by atoms with Gasteiger partial charge in [0.2, 0.25) is 5.91 Å². The molecule has 24 heavy (non-hydrogen) atoms. The van der Waals surface area contributed by atoms with Crippen LogP contribution < -0.4 is 10.1 Å². The molecule has 2 heterocycles. The molecule has 1 aromatic carbocycles. The van der Waals surface area contributed by atoms with E-state index in [2.05, 4.69) is 5.32 Å². The maximum Gasteiger partial charge on any atom is 0.227 e. The van der Waals surface area contributed by atoms with Crippen molar-refractivity contribution in [3.05, 3.63) is 48.3 Å². The molecule has 0 atom stereocenters. The molecule has 1 aliphatic rings. The Labute approximate surface area is 140 Å². The molecule has 1 aliphatic carbocycles. The molecule has 1 amide bonds. The molecular formula is C19H19N3O2. The fourth-order valence-corrected chi connectivity index (χ4v) is 2.84. The molecule has 3 aromatic rings. The topological polar surface area (TPSA) is 55.6 Å².